The van der Waals surface area contributed by atoms with Gasteiger partial charge in [-0.3, -0.25) is 14.3 Å². The van der Waals surface area contributed by atoms with Crippen molar-refractivity contribution in [1.29, 1.82) is 0 Å². The zero-order valence-corrected chi connectivity index (χ0v) is 16.6. The molecule has 3 atom stereocenters. The molecule has 2 N–H and O–H groups in total. The lowest BCUT2D eigenvalue weighted by molar-refractivity contribution is -0.132. The molecule has 2 fully saturated rings. The molecule has 1 aromatic heterocycles. The van der Waals surface area contributed by atoms with Crippen molar-refractivity contribution in [2.75, 3.05) is 13.1 Å². The molecule has 0 unspecified atom stereocenters. The molecule has 2 saturated heterocycles. The first-order valence-corrected chi connectivity index (χ1v) is 10.4. The van der Waals surface area contributed by atoms with Crippen LogP contribution in [0.1, 0.15) is 70.4 Å². The van der Waals surface area contributed by atoms with E-state index in [0.29, 0.717) is 12.8 Å². The number of rotatable bonds is 6. The summed E-state index contributed by atoms with van der Waals surface area (Å²) >= 11 is 0. The van der Waals surface area contributed by atoms with Gasteiger partial charge in [-0.05, 0) is 33.1 Å². The highest BCUT2D eigenvalue weighted by atomic mass is 16.2. The molecule has 0 aromatic carbocycles. The van der Waals surface area contributed by atoms with Crippen LogP contribution in [0.15, 0.2) is 12.4 Å². The standard InChI is InChI=1S/C20H33N5O2/c1-3-25-14-16(13-21-25)20-17(8-9-18(26)23-20)22-15(2)12-19(27)24-10-6-4-5-7-11-24/h13-15,17,20,22H,3-12H2,1-2H3,(H,23,26)/t15-,17-,20+/m1/s1. The SMILES string of the molecule is CCn1cc([C@@H]2NC(=O)CC[C@H]2N[C@H](C)CC(=O)N2CCCCCC2)cn1. The van der Waals surface area contributed by atoms with E-state index in [1.165, 1.54) is 12.8 Å². The van der Waals surface area contributed by atoms with Crippen LogP contribution < -0.4 is 10.6 Å². The fraction of sp³-hybridized carbons (Fsp3) is 0.750. The van der Waals surface area contributed by atoms with Gasteiger partial charge in [-0.2, -0.15) is 5.10 Å². The van der Waals surface area contributed by atoms with Crippen molar-refractivity contribution in [3.63, 3.8) is 0 Å². The Morgan fingerprint density at radius 3 is 2.74 bits per heavy atom. The van der Waals surface area contributed by atoms with Crippen molar-refractivity contribution in [3.8, 4) is 0 Å². The minimum atomic E-state index is -0.0951. The number of carbonyl (C=O) groups excluding carboxylic acids is 2. The van der Waals surface area contributed by atoms with Gasteiger partial charge in [0.05, 0.1) is 12.2 Å². The summed E-state index contributed by atoms with van der Waals surface area (Å²) in [6.07, 6.45) is 10.3. The number of carbonyl (C=O) groups is 2. The Labute approximate surface area is 161 Å². The Morgan fingerprint density at radius 2 is 2.07 bits per heavy atom. The Hall–Kier alpha value is -1.89. The van der Waals surface area contributed by atoms with Gasteiger partial charge in [-0.25, -0.2) is 0 Å². The second-order valence-corrected chi connectivity index (χ2v) is 7.89. The molecule has 0 radical (unpaired) electrons. The molecule has 0 aliphatic carbocycles. The van der Waals surface area contributed by atoms with Gasteiger partial charge >= 0.3 is 0 Å². The van der Waals surface area contributed by atoms with Crippen molar-refractivity contribution in [1.82, 2.24) is 25.3 Å². The lowest BCUT2D eigenvalue weighted by atomic mass is 9.93. The number of likely N-dealkylation sites (tertiary alicyclic amines) is 1. The number of hydrogen-bond acceptors (Lipinski definition) is 4. The van der Waals surface area contributed by atoms with Crippen LogP contribution in [0.3, 0.4) is 0 Å². The van der Waals surface area contributed by atoms with Crippen molar-refractivity contribution < 1.29 is 9.59 Å². The van der Waals surface area contributed by atoms with Crippen molar-refractivity contribution in [2.24, 2.45) is 0 Å². The predicted molar refractivity (Wildman–Crippen MR) is 104 cm³/mol. The largest absolute Gasteiger partial charge is 0.348 e. The Morgan fingerprint density at radius 1 is 1.33 bits per heavy atom. The first-order chi connectivity index (χ1) is 13.1. The van der Waals surface area contributed by atoms with Gasteiger partial charge in [-0.1, -0.05) is 12.8 Å². The highest BCUT2D eigenvalue weighted by Gasteiger charge is 2.32. The molecule has 7 nitrogen and oxygen atoms in total. The van der Waals surface area contributed by atoms with Crippen LogP contribution in [-0.2, 0) is 16.1 Å². The van der Waals surface area contributed by atoms with Crippen LogP contribution >= 0.6 is 0 Å². The highest BCUT2D eigenvalue weighted by molar-refractivity contribution is 5.78. The summed E-state index contributed by atoms with van der Waals surface area (Å²) in [6.45, 7) is 6.70. The molecule has 27 heavy (non-hydrogen) atoms. The minimum absolute atomic E-state index is 0.0736. The molecule has 0 saturated carbocycles. The third kappa shape index (κ3) is 5.31. The van der Waals surface area contributed by atoms with Gasteiger partial charge in [-0.15, -0.1) is 0 Å². The second-order valence-electron chi connectivity index (χ2n) is 7.89. The zero-order valence-electron chi connectivity index (χ0n) is 16.6. The summed E-state index contributed by atoms with van der Waals surface area (Å²) in [7, 11) is 0. The summed E-state index contributed by atoms with van der Waals surface area (Å²) in [5.74, 6) is 0.322. The van der Waals surface area contributed by atoms with E-state index in [-0.39, 0.29) is 29.9 Å². The van der Waals surface area contributed by atoms with Gasteiger partial charge in [0.15, 0.2) is 0 Å². The normalized spacial score (nSPS) is 25.0. The molecule has 0 bridgehead atoms. The van der Waals surface area contributed by atoms with E-state index in [0.717, 1.165) is 44.5 Å². The molecule has 2 aliphatic heterocycles. The maximum absolute atomic E-state index is 12.7. The van der Waals surface area contributed by atoms with E-state index in [9.17, 15) is 9.59 Å². The quantitative estimate of drug-likeness (QED) is 0.797. The smallest absolute Gasteiger partial charge is 0.224 e. The molecule has 2 amide bonds. The van der Waals surface area contributed by atoms with Crippen molar-refractivity contribution >= 4 is 11.8 Å². The van der Waals surface area contributed by atoms with Crippen molar-refractivity contribution in [2.45, 2.75) is 83.5 Å². The fourth-order valence-corrected chi connectivity index (χ4v) is 4.14. The molecule has 0 spiro atoms. The molecule has 2 aliphatic rings. The summed E-state index contributed by atoms with van der Waals surface area (Å²) in [5, 5.41) is 11.0. The van der Waals surface area contributed by atoms with Crippen LogP contribution in [0.25, 0.3) is 0 Å². The lowest BCUT2D eigenvalue weighted by Crippen LogP contribution is -2.51. The molecule has 3 rings (SSSR count). The zero-order chi connectivity index (χ0) is 19.2. The average molecular weight is 376 g/mol. The summed E-state index contributed by atoms with van der Waals surface area (Å²) in [5.41, 5.74) is 1.02. The summed E-state index contributed by atoms with van der Waals surface area (Å²) < 4.78 is 1.87. The second kappa shape index (κ2) is 9.35. The topological polar surface area (TPSA) is 79.3 Å². The lowest BCUT2D eigenvalue weighted by Gasteiger charge is -2.34. The molecule has 150 valence electrons. The molecule has 7 heteroatoms. The van der Waals surface area contributed by atoms with Gasteiger partial charge in [0, 0.05) is 56.3 Å². The Bertz CT molecular complexity index is 636. The number of aromatic nitrogens is 2. The highest BCUT2D eigenvalue weighted by Crippen LogP contribution is 2.25. The molecule has 1 aromatic rings. The third-order valence-electron chi connectivity index (χ3n) is 5.68. The number of piperidine rings is 1. The van der Waals surface area contributed by atoms with E-state index in [2.05, 4.69) is 22.7 Å². The third-order valence-corrected chi connectivity index (χ3v) is 5.68. The van der Waals surface area contributed by atoms with Gasteiger partial charge < -0.3 is 15.5 Å². The molecular weight excluding hydrogens is 342 g/mol. The minimum Gasteiger partial charge on any atom is -0.348 e. The fourth-order valence-electron chi connectivity index (χ4n) is 4.14. The molecular formula is C20H33N5O2. The Balaban J connectivity index is 1.59. The first kappa shape index (κ1) is 19.9. The Kier molecular flexibility index (Phi) is 6.88. The van der Waals surface area contributed by atoms with E-state index < -0.39 is 0 Å². The number of amides is 2. The number of aryl methyl sites for hydroxylation is 1. The van der Waals surface area contributed by atoms with Crippen LogP contribution in [0, 0.1) is 0 Å². The van der Waals surface area contributed by atoms with Gasteiger partial charge in [0.25, 0.3) is 0 Å². The van der Waals surface area contributed by atoms with E-state index in [1.807, 2.05) is 28.9 Å². The van der Waals surface area contributed by atoms with E-state index in [4.69, 9.17) is 0 Å². The average Bonchev–Trinajstić information content (AvgIpc) is 2.96. The predicted octanol–water partition coefficient (Wildman–Crippen LogP) is 1.99. The summed E-state index contributed by atoms with van der Waals surface area (Å²) in [4.78, 5) is 26.6. The van der Waals surface area contributed by atoms with Crippen molar-refractivity contribution in [3.05, 3.63) is 18.0 Å². The van der Waals surface area contributed by atoms with Crippen LogP contribution in [0.5, 0.6) is 0 Å². The maximum atomic E-state index is 12.7. The maximum Gasteiger partial charge on any atom is 0.224 e. The van der Waals surface area contributed by atoms with E-state index >= 15 is 0 Å². The number of nitrogens with zero attached hydrogens (tertiary/aromatic N) is 3. The number of hydrogen-bond donors (Lipinski definition) is 2. The van der Waals surface area contributed by atoms with Crippen LogP contribution in [-0.4, -0.2) is 51.7 Å². The monoisotopic (exact) mass is 375 g/mol. The van der Waals surface area contributed by atoms with Crippen LogP contribution in [0.2, 0.25) is 0 Å². The van der Waals surface area contributed by atoms with Crippen LogP contribution in [0.4, 0.5) is 0 Å². The van der Waals surface area contributed by atoms with E-state index in [1.54, 1.807) is 0 Å². The van der Waals surface area contributed by atoms with Gasteiger partial charge in [0.1, 0.15) is 0 Å². The van der Waals surface area contributed by atoms with Gasteiger partial charge in [0.2, 0.25) is 11.8 Å². The molecule has 3 heterocycles. The number of nitrogens with one attached hydrogen (secondary N) is 2. The first-order valence-electron chi connectivity index (χ1n) is 10.4. The summed E-state index contributed by atoms with van der Waals surface area (Å²) in [6, 6.07) is 0.0934.